The van der Waals surface area contributed by atoms with Gasteiger partial charge in [0.25, 0.3) is 5.91 Å². The minimum atomic E-state index is -0.308. The van der Waals surface area contributed by atoms with Gasteiger partial charge in [-0.25, -0.2) is 4.39 Å². The monoisotopic (exact) mass is 303 g/mol. The molecule has 1 amide bonds. The molecule has 0 saturated heterocycles. The van der Waals surface area contributed by atoms with Crippen LogP contribution < -0.4 is 4.74 Å². The molecule has 0 bridgehead atoms. The number of amides is 1. The van der Waals surface area contributed by atoms with Crippen LogP contribution in [0, 0.1) is 11.7 Å². The summed E-state index contributed by atoms with van der Waals surface area (Å²) in [7, 11) is 1.79. The zero-order valence-corrected chi connectivity index (χ0v) is 12.4. The Morgan fingerprint density at radius 3 is 2.68 bits per heavy atom. The molecule has 5 heteroatoms. The van der Waals surface area contributed by atoms with Crippen molar-refractivity contribution in [1.29, 1.82) is 0 Å². The van der Waals surface area contributed by atoms with Gasteiger partial charge in [0.2, 0.25) is 0 Å². The third-order valence-corrected chi connectivity index (χ3v) is 3.64. The SMILES string of the molecule is CN(CC1CC1)C(=O)c1ccc(COc2ccc(F)cc2)o1. The fourth-order valence-corrected chi connectivity index (χ4v) is 2.21. The number of carbonyl (C=O) groups is 1. The number of hydrogen-bond acceptors (Lipinski definition) is 3. The van der Waals surface area contributed by atoms with E-state index >= 15 is 0 Å². The van der Waals surface area contributed by atoms with E-state index in [1.54, 1.807) is 36.2 Å². The van der Waals surface area contributed by atoms with E-state index in [1.165, 1.54) is 25.0 Å². The summed E-state index contributed by atoms with van der Waals surface area (Å²) in [5.41, 5.74) is 0. The summed E-state index contributed by atoms with van der Waals surface area (Å²) >= 11 is 0. The van der Waals surface area contributed by atoms with Gasteiger partial charge in [0.05, 0.1) is 0 Å². The largest absolute Gasteiger partial charge is 0.486 e. The number of furan rings is 1. The van der Waals surface area contributed by atoms with Gasteiger partial charge < -0.3 is 14.1 Å². The van der Waals surface area contributed by atoms with Crippen LogP contribution >= 0.6 is 0 Å². The second-order valence-electron chi connectivity index (χ2n) is 5.64. The molecule has 4 nitrogen and oxygen atoms in total. The third kappa shape index (κ3) is 3.67. The summed E-state index contributed by atoms with van der Waals surface area (Å²) in [6.45, 7) is 0.978. The smallest absolute Gasteiger partial charge is 0.289 e. The quantitative estimate of drug-likeness (QED) is 0.820. The highest BCUT2D eigenvalue weighted by Gasteiger charge is 2.26. The van der Waals surface area contributed by atoms with Crippen LogP contribution in [0.4, 0.5) is 4.39 Å². The fourth-order valence-electron chi connectivity index (χ4n) is 2.21. The van der Waals surface area contributed by atoms with Gasteiger partial charge in [0.1, 0.15) is 23.9 Å². The van der Waals surface area contributed by atoms with Gasteiger partial charge in [-0.1, -0.05) is 0 Å². The topological polar surface area (TPSA) is 42.7 Å². The lowest BCUT2D eigenvalue weighted by Crippen LogP contribution is -2.28. The van der Waals surface area contributed by atoms with Crippen LogP contribution in [-0.2, 0) is 6.61 Å². The first-order valence-corrected chi connectivity index (χ1v) is 7.34. The molecular weight excluding hydrogens is 285 g/mol. The summed E-state index contributed by atoms with van der Waals surface area (Å²) < 4.78 is 23.8. The number of halogens is 1. The average Bonchev–Trinajstić information content (AvgIpc) is 3.20. The Labute approximate surface area is 128 Å². The van der Waals surface area contributed by atoms with Crippen molar-refractivity contribution in [3.05, 3.63) is 53.7 Å². The van der Waals surface area contributed by atoms with Crippen molar-refractivity contribution in [2.75, 3.05) is 13.6 Å². The number of ether oxygens (including phenoxy) is 1. The van der Waals surface area contributed by atoms with E-state index in [1.807, 2.05) is 0 Å². The molecule has 116 valence electrons. The Morgan fingerprint density at radius 1 is 1.27 bits per heavy atom. The summed E-state index contributed by atoms with van der Waals surface area (Å²) in [6.07, 6.45) is 2.40. The molecule has 1 heterocycles. The van der Waals surface area contributed by atoms with Crippen molar-refractivity contribution < 1.29 is 18.3 Å². The molecule has 2 aromatic rings. The highest BCUT2D eigenvalue weighted by atomic mass is 19.1. The summed E-state index contributed by atoms with van der Waals surface area (Å²) in [6, 6.07) is 9.15. The lowest BCUT2D eigenvalue weighted by Gasteiger charge is -2.14. The molecule has 3 rings (SSSR count). The van der Waals surface area contributed by atoms with Crippen LogP contribution in [0.15, 0.2) is 40.8 Å². The first-order valence-electron chi connectivity index (χ1n) is 7.34. The highest BCUT2D eigenvalue weighted by Crippen LogP contribution is 2.29. The molecule has 1 aliphatic carbocycles. The summed E-state index contributed by atoms with van der Waals surface area (Å²) in [5.74, 6) is 1.66. The van der Waals surface area contributed by atoms with Crippen molar-refractivity contribution in [3.63, 3.8) is 0 Å². The molecule has 0 unspecified atom stereocenters. The zero-order chi connectivity index (χ0) is 15.5. The van der Waals surface area contributed by atoms with Crippen LogP contribution in [0.3, 0.4) is 0 Å². The molecule has 0 atom stereocenters. The van der Waals surface area contributed by atoms with Gasteiger partial charge >= 0.3 is 0 Å². The van der Waals surface area contributed by atoms with Crippen molar-refractivity contribution in [2.24, 2.45) is 5.92 Å². The van der Waals surface area contributed by atoms with E-state index in [0.29, 0.717) is 23.2 Å². The fraction of sp³-hybridized carbons (Fsp3) is 0.353. The van der Waals surface area contributed by atoms with Crippen molar-refractivity contribution in [1.82, 2.24) is 4.90 Å². The third-order valence-electron chi connectivity index (χ3n) is 3.64. The molecule has 0 N–H and O–H groups in total. The minimum absolute atomic E-state index is 0.111. The Morgan fingerprint density at radius 2 is 2.00 bits per heavy atom. The van der Waals surface area contributed by atoms with Gasteiger partial charge in [-0.3, -0.25) is 4.79 Å². The predicted octanol–water partition coefficient (Wildman–Crippen LogP) is 3.48. The van der Waals surface area contributed by atoms with Gasteiger partial charge in [-0.2, -0.15) is 0 Å². The number of rotatable bonds is 6. The normalized spacial score (nSPS) is 13.9. The van der Waals surface area contributed by atoms with Crippen molar-refractivity contribution in [2.45, 2.75) is 19.4 Å². The molecule has 0 radical (unpaired) electrons. The van der Waals surface area contributed by atoms with Crippen LogP contribution in [0.1, 0.15) is 29.2 Å². The van der Waals surface area contributed by atoms with Gasteiger partial charge in [0, 0.05) is 13.6 Å². The molecule has 1 aliphatic rings. The maximum Gasteiger partial charge on any atom is 0.289 e. The molecular formula is C17H18FNO3. The standard InChI is InChI=1S/C17H18FNO3/c1-19(10-12-2-3-12)17(20)16-9-8-15(22-16)11-21-14-6-4-13(18)5-7-14/h4-9,12H,2-3,10-11H2,1H3. The van der Waals surface area contributed by atoms with E-state index < -0.39 is 0 Å². The number of nitrogens with zero attached hydrogens (tertiary/aromatic N) is 1. The van der Waals surface area contributed by atoms with E-state index in [-0.39, 0.29) is 18.3 Å². The highest BCUT2D eigenvalue weighted by molar-refractivity contribution is 5.91. The first kappa shape index (κ1) is 14.6. The maximum atomic E-state index is 12.8. The molecule has 0 aliphatic heterocycles. The Bertz CT molecular complexity index is 646. The molecule has 22 heavy (non-hydrogen) atoms. The van der Waals surface area contributed by atoms with Crippen LogP contribution in [0.25, 0.3) is 0 Å². The summed E-state index contributed by atoms with van der Waals surface area (Å²) in [4.78, 5) is 13.9. The van der Waals surface area contributed by atoms with Crippen LogP contribution in [-0.4, -0.2) is 24.4 Å². The second kappa shape index (κ2) is 6.22. The lowest BCUT2D eigenvalue weighted by atomic mass is 10.3. The Kier molecular flexibility index (Phi) is 4.13. The Hall–Kier alpha value is -2.30. The van der Waals surface area contributed by atoms with Crippen molar-refractivity contribution >= 4 is 5.91 Å². The number of carbonyl (C=O) groups excluding carboxylic acids is 1. The maximum absolute atomic E-state index is 12.8. The van der Waals surface area contributed by atoms with Crippen molar-refractivity contribution in [3.8, 4) is 5.75 Å². The first-order chi connectivity index (χ1) is 10.6. The molecule has 1 fully saturated rings. The van der Waals surface area contributed by atoms with E-state index in [0.717, 1.165) is 6.54 Å². The van der Waals surface area contributed by atoms with Gasteiger partial charge in [-0.05, 0) is 55.2 Å². The lowest BCUT2D eigenvalue weighted by molar-refractivity contribution is 0.0753. The Balaban J connectivity index is 1.56. The minimum Gasteiger partial charge on any atom is -0.486 e. The molecule has 1 saturated carbocycles. The van der Waals surface area contributed by atoms with E-state index in [9.17, 15) is 9.18 Å². The molecule has 1 aromatic heterocycles. The number of benzene rings is 1. The van der Waals surface area contributed by atoms with E-state index in [2.05, 4.69) is 0 Å². The average molecular weight is 303 g/mol. The molecule has 1 aromatic carbocycles. The zero-order valence-electron chi connectivity index (χ0n) is 12.4. The molecule has 0 spiro atoms. The van der Waals surface area contributed by atoms with E-state index in [4.69, 9.17) is 9.15 Å². The number of hydrogen-bond donors (Lipinski definition) is 0. The van der Waals surface area contributed by atoms with Crippen LogP contribution in [0.5, 0.6) is 5.75 Å². The summed E-state index contributed by atoms with van der Waals surface area (Å²) in [5, 5.41) is 0. The van der Waals surface area contributed by atoms with Gasteiger partial charge in [-0.15, -0.1) is 0 Å². The predicted molar refractivity (Wildman–Crippen MR) is 79.1 cm³/mol. The van der Waals surface area contributed by atoms with Crippen LogP contribution in [0.2, 0.25) is 0 Å². The van der Waals surface area contributed by atoms with Gasteiger partial charge in [0.15, 0.2) is 5.76 Å². The second-order valence-corrected chi connectivity index (χ2v) is 5.64.